The van der Waals surface area contributed by atoms with Crippen molar-refractivity contribution in [2.45, 2.75) is 44.9 Å². The van der Waals surface area contributed by atoms with Gasteiger partial charge in [0.2, 0.25) is 11.7 Å². The summed E-state index contributed by atoms with van der Waals surface area (Å²) in [4.78, 5) is 44.8. The molecule has 2 aromatic heterocycles. The smallest absolute Gasteiger partial charge is 0.292 e. The summed E-state index contributed by atoms with van der Waals surface area (Å²) in [5, 5.41) is 8.29. The molecule has 2 atom stereocenters. The van der Waals surface area contributed by atoms with Crippen LogP contribution in [0.1, 0.15) is 76.4 Å². The van der Waals surface area contributed by atoms with Gasteiger partial charge in [0.15, 0.2) is 11.5 Å². The molecule has 2 aromatic carbocycles. The van der Waals surface area contributed by atoms with Crippen LogP contribution in [0.2, 0.25) is 0 Å². The molecule has 1 N–H and O–H groups in total. The minimum absolute atomic E-state index is 0.0281. The molecule has 6 heterocycles. The molecule has 0 saturated carbocycles. The maximum Gasteiger partial charge on any atom is 0.292 e. The van der Waals surface area contributed by atoms with Crippen molar-refractivity contribution >= 4 is 39.1 Å². The molecule has 46 heavy (non-hydrogen) atoms. The molecule has 8 rings (SSSR count). The second-order valence-electron chi connectivity index (χ2n) is 12.9. The molecule has 1 saturated heterocycles. The summed E-state index contributed by atoms with van der Waals surface area (Å²) in [7, 11) is 0. The lowest BCUT2D eigenvalue weighted by Gasteiger charge is -2.39. The fourth-order valence-electron chi connectivity index (χ4n) is 6.83. The maximum atomic E-state index is 13.6. The van der Waals surface area contributed by atoms with Gasteiger partial charge < -0.3 is 29.1 Å². The van der Waals surface area contributed by atoms with Gasteiger partial charge in [-0.2, -0.15) is 0 Å². The summed E-state index contributed by atoms with van der Waals surface area (Å²) in [6, 6.07) is 17.5. The number of hydrogen-bond acceptors (Lipinski definition) is 8. The number of carbonyl (C=O) groups excluding carboxylic acids is 3. The Morgan fingerprint density at radius 3 is 2.70 bits per heavy atom. The average molecular weight is 643 g/mol. The Balaban J connectivity index is 1.12. The lowest BCUT2D eigenvalue weighted by molar-refractivity contribution is -0.122. The number of ether oxygens (including phenoxy) is 2. The van der Waals surface area contributed by atoms with Gasteiger partial charge >= 0.3 is 0 Å². The molecule has 4 aliphatic heterocycles. The van der Waals surface area contributed by atoms with Gasteiger partial charge in [0, 0.05) is 66.8 Å². The van der Waals surface area contributed by atoms with Gasteiger partial charge in [0.05, 0.1) is 23.8 Å². The Morgan fingerprint density at radius 1 is 1.02 bits per heavy atom. The van der Waals surface area contributed by atoms with Gasteiger partial charge in [0.25, 0.3) is 11.8 Å². The normalized spacial score (nSPS) is 22.0. The Kier molecular flexibility index (Phi) is 8.18. The highest BCUT2D eigenvalue weighted by Gasteiger charge is 2.53. The number of amides is 3. The number of rotatable bonds is 3. The van der Waals surface area contributed by atoms with E-state index in [1.54, 1.807) is 11.0 Å². The van der Waals surface area contributed by atoms with Crippen molar-refractivity contribution in [3.8, 4) is 11.5 Å². The first-order valence-corrected chi connectivity index (χ1v) is 16.8. The molecule has 0 aliphatic carbocycles. The zero-order valence-electron chi connectivity index (χ0n) is 26.1. The summed E-state index contributed by atoms with van der Waals surface area (Å²) >= 11 is 1.49. The molecule has 0 unspecified atom stereocenters. The molecule has 1 spiro atoms. The molecule has 1 fully saturated rings. The molecular formula is C35H38N4O6S. The molecule has 4 aromatic rings. The summed E-state index contributed by atoms with van der Waals surface area (Å²) in [6.45, 7) is 6.93. The number of fused-ring (bicyclic) bond motifs is 12. The van der Waals surface area contributed by atoms with E-state index in [9.17, 15) is 14.4 Å². The first-order valence-electron chi connectivity index (χ1n) is 16.0. The third-order valence-electron chi connectivity index (χ3n) is 9.38. The SMILES string of the molecule is CC(C)c1cc(C(=O)N2C[C@H]3c4cccc5c4OC[C@@]3(CNC(=O)CCCN(C(=O)c3cc4ccccc4s3)CCCO5)C2)on1. The maximum absolute atomic E-state index is 13.6. The van der Waals surface area contributed by atoms with E-state index in [0.29, 0.717) is 75.2 Å². The minimum Gasteiger partial charge on any atom is -0.490 e. The average Bonchev–Trinajstić information content (AvgIpc) is 3.81. The zero-order chi connectivity index (χ0) is 31.8. The highest BCUT2D eigenvalue weighted by molar-refractivity contribution is 7.20. The van der Waals surface area contributed by atoms with E-state index < -0.39 is 5.41 Å². The molecule has 11 heteroatoms. The number of thiophene rings is 1. The predicted octanol–water partition coefficient (Wildman–Crippen LogP) is 5.45. The second-order valence-corrected chi connectivity index (χ2v) is 13.9. The number of para-hydroxylation sites is 1. The van der Waals surface area contributed by atoms with Gasteiger partial charge in [-0.15, -0.1) is 11.3 Å². The van der Waals surface area contributed by atoms with Crippen LogP contribution in [-0.2, 0) is 4.79 Å². The third-order valence-corrected chi connectivity index (χ3v) is 10.5. The second kappa shape index (κ2) is 12.4. The van der Waals surface area contributed by atoms with E-state index >= 15 is 0 Å². The van der Waals surface area contributed by atoms with Crippen molar-refractivity contribution < 1.29 is 28.4 Å². The predicted molar refractivity (Wildman–Crippen MR) is 174 cm³/mol. The quantitative estimate of drug-likeness (QED) is 0.316. The number of likely N-dealkylation sites (tertiary alicyclic amines) is 1. The first-order chi connectivity index (χ1) is 22.3. The van der Waals surface area contributed by atoms with Gasteiger partial charge in [-0.1, -0.05) is 49.3 Å². The third kappa shape index (κ3) is 5.72. The van der Waals surface area contributed by atoms with Gasteiger partial charge in [-0.25, -0.2) is 0 Å². The first kappa shape index (κ1) is 30.3. The number of benzene rings is 2. The van der Waals surface area contributed by atoms with Crippen LogP contribution in [0, 0.1) is 5.41 Å². The van der Waals surface area contributed by atoms with Crippen molar-refractivity contribution in [1.82, 2.24) is 20.3 Å². The van der Waals surface area contributed by atoms with Crippen molar-refractivity contribution in [2.24, 2.45) is 5.41 Å². The minimum atomic E-state index is -0.530. The van der Waals surface area contributed by atoms with Crippen LogP contribution in [-0.4, -0.2) is 78.6 Å². The number of hydrogen-bond donors (Lipinski definition) is 1. The zero-order valence-corrected chi connectivity index (χ0v) is 26.9. The van der Waals surface area contributed by atoms with Crippen LogP contribution in [0.15, 0.2) is 59.1 Å². The molecule has 4 bridgehead atoms. The number of carbonyl (C=O) groups is 3. The summed E-state index contributed by atoms with van der Waals surface area (Å²) in [6.07, 6.45) is 1.44. The standard InChI is InChI=1S/C35H38N4O6S/c1-22(2)26-17-28(45-37-26)33(41)39-18-25-24-9-5-10-27-32(24)44-21-35(25,20-39)19-36-31(40)12-6-13-38(14-7-15-43-27)34(42)30-16-23-8-3-4-11-29(23)46-30/h3-5,8-11,16-17,22,25H,6-7,12-15,18-21H2,1-2H3,(H,36,40)/t25-,35+/m0/s1. The monoisotopic (exact) mass is 642 g/mol. The van der Waals surface area contributed by atoms with E-state index in [1.807, 2.05) is 67.3 Å². The van der Waals surface area contributed by atoms with E-state index in [-0.39, 0.29) is 41.7 Å². The van der Waals surface area contributed by atoms with Crippen LogP contribution in [0.25, 0.3) is 10.1 Å². The van der Waals surface area contributed by atoms with Crippen molar-refractivity contribution in [2.75, 3.05) is 45.9 Å². The Bertz CT molecular complexity index is 1750. The topological polar surface area (TPSA) is 114 Å². The Morgan fingerprint density at radius 2 is 1.87 bits per heavy atom. The summed E-state index contributed by atoms with van der Waals surface area (Å²) in [5.41, 5.74) is 1.17. The van der Waals surface area contributed by atoms with Crippen LogP contribution in [0.5, 0.6) is 11.5 Å². The van der Waals surface area contributed by atoms with Crippen LogP contribution in [0.3, 0.4) is 0 Å². The van der Waals surface area contributed by atoms with Crippen molar-refractivity contribution in [3.63, 3.8) is 0 Å². The molecule has 240 valence electrons. The van der Waals surface area contributed by atoms with E-state index in [1.165, 1.54) is 11.3 Å². The molecular weight excluding hydrogens is 604 g/mol. The van der Waals surface area contributed by atoms with Gasteiger partial charge in [0.1, 0.15) is 0 Å². The fraction of sp³-hybridized carbons (Fsp3) is 0.429. The molecule has 0 radical (unpaired) electrons. The van der Waals surface area contributed by atoms with Gasteiger partial charge in [-0.3, -0.25) is 14.4 Å². The summed E-state index contributed by atoms with van der Waals surface area (Å²) < 4.78 is 19.2. The van der Waals surface area contributed by atoms with Crippen LogP contribution in [0.4, 0.5) is 0 Å². The van der Waals surface area contributed by atoms with E-state index in [2.05, 4.69) is 10.5 Å². The van der Waals surface area contributed by atoms with E-state index in [4.69, 9.17) is 14.0 Å². The van der Waals surface area contributed by atoms with Crippen molar-refractivity contribution in [3.05, 3.63) is 76.5 Å². The number of aromatic nitrogens is 1. The van der Waals surface area contributed by atoms with E-state index in [0.717, 1.165) is 21.3 Å². The Labute approximate surface area is 271 Å². The molecule has 10 nitrogen and oxygen atoms in total. The molecule has 3 amide bonds. The highest BCUT2D eigenvalue weighted by Crippen LogP contribution is 2.52. The summed E-state index contributed by atoms with van der Waals surface area (Å²) in [5.74, 6) is 1.28. The van der Waals surface area contributed by atoms with Crippen LogP contribution >= 0.6 is 11.3 Å². The van der Waals surface area contributed by atoms with Crippen molar-refractivity contribution in [1.29, 1.82) is 0 Å². The Hall–Kier alpha value is -4.38. The highest BCUT2D eigenvalue weighted by atomic mass is 32.1. The lowest BCUT2D eigenvalue weighted by Crippen LogP contribution is -2.48. The fourth-order valence-corrected chi connectivity index (χ4v) is 7.86. The largest absolute Gasteiger partial charge is 0.490 e. The van der Waals surface area contributed by atoms with Gasteiger partial charge in [-0.05, 0) is 42.3 Å². The number of nitrogens with one attached hydrogen (secondary N) is 1. The molecule has 4 aliphatic rings. The lowest BCUT2D eigenvalue weighted by atomic mass is 9.73. The number of nitrogens with zero attached hydrogens (tertiary/aromatic N) is 3. The van der Waals surface area contributed by atoms with Crippen LogP contribution < -0.4 is 14.8 Å².